The van der Waals surface area contributed by atoms with Gasteiger partial charge in [0.15, 0.2) is 0 Å². The minimum Gasteiger partial charge on any atom is -0.469 e. The molecular weight excluding hydrogens is 393 g/mol. The van der Waals surface area contributed by atoms with Gasteiger partial charge in [0.2, 0.25) is 5.91 Å². The van der Waals surface area contributed by atoms with Crippen molar-refractivity contribution in [1.82, 2.24) is 0 Å². The maximum Gasteiger partial charge on any atom is 0.311 e. The van der Waals surface area contributed by atoms with Crippen LogP contribution in [-0.4, -0.2) is 29.8 Å². The third-order valence-electron chi connectivity index (χ3n) is 4.10. The molecule has 0 bridgehead atoms. The van der Waals surface area contributed by atoms with Crippen LogP contribution >= 0.6 is 11.8 Å². The molecule has 0 saturated heterocycles. The third kappa shape index (κ3) is 5.68. The Kier molecular flexibility index (Phi) is 6.66. The number of carbonyl (C=O) groups excluding carboxylic acids is 2. The Labute approximate surface area is 172 Å². The van der Waals surface area contributed by atoms with E-state index in [4.69, 9.17) is 4.74 Å². The molecule has 0 unspecified atom stereocenters. The Balaban J connectivity index is 1.72. The van der Waals surface area contributed by atoms with Gasteiger partial charge in [0.1, 0.15) is 5.82 Å². The molecule has 1 heterocycles. The topological polar surface area (TPSA) is 79.8 Å². The zero-order valence-corrected chi connectivity index (χ0v) is 16.8. The van der Waals surface area contributed by atoms with Crippen LogP contribution in [0.2, 0.25) is 0 Å². The maximum absolute atomic E-state index is 13.6. The van der Waals surface area contributed by atoms with Gasteiger partial charge in [-0.25, -0.2) is 9.38 Å². The number of rotatable bonds is 5. The van der Waals surface area contributed by atoms with Crippen LogP contribution in [0, 0.1) is 12.7 Å². The number of methoxy groups -OCH3 is 1. The molecule has 0 atom stereocenters. The van der Waals surface area contributed by atoms with Crippen molar-refractivity contribution in [2.24, 2.45) is 4.99 Å². The van der Waals surface area contributed by atoms with E-state index in [9.17, 15) is 14.0 Å². The minimum atomic E-state index is -0.383. The number of fused-ring (bicyclic) bond motifs is 1. The Morgan fingerprint density at radius 1 is 1.24 bits per heavy atom. The number of thioether (sulfide) groups is 1. The van der Waals surface area contributed by atoms with Crippen molar-refractivity contribution >= 4 is 45.7 Å². The molecule has 0 spiro atoms. The zero-order valence-electron chi connectivity index (χ0n) is 16.0. The van der Waals surface area contributed by atoms with Crippen molar-refractivity contribution in [3.05, 3.63) is 65.6 Å². The summed E-state index contributed by atoms with van der Waals surface area (Å²) in [4.78, 5) is 28.5. The van der Waals surface area contributed by atoms with Crippen molar-refractivity contribution in [2.75, 3.05) is 23.5 Å². The standard InChI is InChI=1S/C21H20FN3O3S/c1-13-7-8-14(9-16(13)22)24-19(26)12-29-20-10-15(11-21(27)28-2)23-17-5-3-4-6-18(17)25-20/h3-10,23H,11-12H2,1-2H3,(H,24,26). The lowest BCUT2D eigenvalue weighted by molar-refractivity contribution is -0.139. The summed E-state index contributed by atoms with van der Waals surface area (Å²) in [6.45, 7) is 1.66. The molecule has 0 aromatic heterocycles. The maximum atomic E-state index is 13.6. The van der Waals surface area contributed by atoms with Crippen LogP contribution in [0.4, 0.5) is 21.5 Å². The van der Waals surface area contributed by atoms with E-state index in [-0.39, 0.29) is 29.9 Å². The van der Waals surface area contributed by atoms with Gasteiger partial charge in [0.25, 0.3) is 0 Å². The molecule has 2 aromatic rings. The molecule has 6 nitrogen and oxygen atoms in total. The molecule has 0 saturated carbocycles. The number of carbonyl (C=O) groups is 2. The molecule has 2 N–H and O–H groups in total. The van der Waals surface area contributed by atoms with Crippen LogP contribution in [0.25, 0.3) is 0 Å². The highest BCUT2D eigenvalue weighted by Gasteiger charge is 2.15. The van der Waals surface area contributed by atoms with Gasteiger partial charge < -0.3 is 15.4 Å². The van der Waals surface area contributed by atoms with Crippen molar-refractivity contribution in [1.29, 1.82) is 0 Å². The first-order chi connectivity index (χ1) is 13.9. The second-order valence-electron chi connectivity index (χ2n) is 6.32. The molecule has 3 rings (SSSR count). The van der Waals surface area contributed by atoms with E-state index in [0.717, 1.165) is 5.69 Å². The quantitative estimate of drug-likeness (QED) is 0.710. The molecule has 1 amide bonds. The van der Waals surface area contributed by atoms with Gasteiger partial charge in [-0.1, -0.05) is 30.0 Å². The predicted molar refractivity (Wildman–Crippen MR) is 114 cm³/mol. The van der Waals surface area contributed by atoms with Gasteiger partial charge in [-0.2, -0.15) is 0 Å². The number of amides is 1. The Bertz CT molecular complexity index is 1000. The molecule has 2 aromatic carbocycles. The number of ether oxygens (including phenoxy) is 1. The number of nitrogens with one attached hydrogen (secondary N) is 2. The number of esters is 1. The van der Waals surface area contributed by atoms with Crippen LogP contribution in [0.3, 0.4) is 0 Å². The number of benzene rings is 2. The fourth-order valence-electron chi connectivity index (χ4n) is 2.59. The van der Waals surface area contributed by atoms with Gasteiger partial charge in [0, 0.05) is 11.4 Å². The molecule has 0 radical (unpaired) electrons. The monoisotopic (exact) mass is 413 g/mol. The lowest BCUT2D eigenvalue weighted by Gasteiger charge is -2.09. The number of anilines is 2. The van der Waals surface area contributed by atoms with Gasteiger partial charge in [0.05, 0.1) is 35.7 Å². The molecule has 150 valence electrons. The molecule has 1 aliphatic rings. The second kappa shape index (κ2) is 9.38. The normalized spacial score (nSPS) is 12.7. The van der Waals surface area contributed by atoms with Crippen molar-refractivity contribution in [2.45, 2.75) is 13.3 Å². The SMILES string of the molecule is COC(=O)CC1=CC(SCC(=O)Nc2ccc(C)c(F)c2)=Nc2ccccc2N1. The highest BCUT2D eigenvalue weighted by Crippen LogP contribution is 2.31. The first kappa shape index (κ1) is 20.6. The Morgan fingerprint density at radius 3 is 2.79 bits per heavy atom. The fourth-order valence-corrected chi connectivity index (χ4v) is 3.33. The van der Waals surface area contributed by atoms with Crippen LogP contribution in [-0.2, 0) is 14.3 Å². The average Bonchev–Trinajstić information content (AvgIpc) is 2.87. The summed E-state index contributed by atoms with van der Waals surface area (Å²) in [5, 5.41) is 6.43. The molecule has 29 heavy (non-hydrogen) atoms. The average molecular weight is 413 g/mol. The summed E-state index contributed by atoms with van der Waals surface area (Å²) in [6, 6.07) is 12.0. The summed E-state index contributed by atoms with van der Waals surface area (Å²) in [5.74, 6) is -0.957. The smallest absolute Gasteiger partial charge is 0.311 e. The Morgan fingerprint density at radius 2 is 2.03 bits per heavy atom. The van der Waals surface area contributed by atoms with Crippen LogP contribution < -0.4 is 10.6 Å². The lowest BCUT2D eigenvalue weighted by Crippen LogP contribution is -2.15. The van der Waals surface area contributed by atoms with E-state index >= 15 is 0 Å². The van der Waals surface area contributed by atoms with Crippen molar-refractivity contribution in [3.63, 3.8) is 0 Å². The second-order valence-corrected chi connectivity index (χ2v) is 7.31. The summed E-state index contributed by atoms with van der Waals surface area (Å²) in [7, 11) is 1.33. The van der Waals surface area contributed by atoms with E-state index < -0.39 is 0 Å². The third-order valence-corrected chi connectivity index (χ3v) is 5.01. The van der Waals surface area contributed by atoms with Crippen LogP contribution in [0.5, 0.6) is 0 Å². The van der Waals surface area contributed by atoms with Crippen molar-refractivity contribution < 1.29 is 18.7 Å². The van der Waals surface area contributed by atoms with Gasteiger partial charge >= 0.3 is 5.97 Å². The summed E-state index contributed by atoms with van der Waals surface area (Å²) >= 11 is 1.22. The Hall–Kier alpha value is -3.13. The number of aryl methyl sites for hydroxylation is 1. The number of halogens is 1. The van der Waals surface area contributed by atoms with E-state index in [0.29, 0.717) is 27.7 Å². The van der Waals surface area contributed by atoms with Crippen LogP contribution in [0.15, 0.2) is 59.2 Å². The molecule has 1 aliphatic heterocycles. The first-order valence-corrected chi connectivity index (χ1v) is 9.84. The molecular formula is C21H20FN3O3S. The lowest BCUT2D eigenvalue weighted by atomic mass is 10.2. The summed E-state index contributed by atoms with van der Waals surface area (Å²) in [5.41, 5.74) is 2.99. The highest BCUT2D eigenvalue weighted by atomic mass is 32.2. The molecule has 0 fully saturated rings. The minimum absolute atomic E-state index is 0.0548. The van der Waals surface area contributed by atoms with E-state index in [1.54, 1.807) is 25.1 Å². The van der Waals surface area contributed by atoms with E-state index in [1.807, 2.05) is 24.3 Å². The van der Waals surface area contributed by atoms with Gasteiger partial charge in [-0.05, 0) is 42.8 Å². The number of hydrogen-bond donors (Lipinski definition) is 2. The number of nitrogens with zero attached hydrogens (tertiary/aromatic N) is 1. The fraction of sp³-hybridized carbons (Fsp3) is 0.190. The molecule has 8 heteroatoms. The molecule has 0 aliphatic carbocycles. The van der Waals surface area contributed by atoms with Crippen LogP contribution in [0.1, 0.15) is 12.0 Å². The number of aliphatic imine (C=N–C) groups is 1. The highest BCUT2D eigenvalue weighted by molar-refractivity contribution is 8.14. The summed E-state index contributed by atoms with van der Waals surface area (Å²) in [6.07, 6.45) is 1.78. The van der Waals surface area contributed by atoms with E-state index in [1.165, 1.54) is 24.9 Å². The van der Waals surface area contributed by atoms with E-state index in [2.05, 4.69) is 15.6 Å². The zero-order chi connectivity index (χ0) is 20.8. The van der Waals surface area contributed by atoms with Gasteiger partial charge in [-0.3, -0.25) is 9.59 Å². The largest absolute Gasteiger partial charge is 0.469 e. The summed E-state index contributed by atoms with van der Waals surface area (Å²) < 4.78 is 18.4. The van der Waals surface area contributed by atoms with Crippen molar-refractivity contribution in [3.8, 4) is 0 Å². The number of para-hydroxylation sites is 2. The predicted octanol–water partition coefficient (Wildman–Crippen LogP) is 4.41. The first-order valence-electron chi connectivity index (χ1n) is 8.85. The van der Waals surface area contributed by atoms with Gasteiger partial charge in [-0.15, -0.1) is 0 Å². The number of hydrogen-bond acceptors (Lipinski definition) is 6.